The minimum absolute atomic E-state index is 0.0324. The van der Waals surface area contributed by atoms with Crippen LogP contribution in [0.2, 0.25) is 0 Å². The number of piperazine rings is 1. The number of halogens is 1. The summed E-state index contributed by atoms with van der Waals surface area (Å²) in [5.41, 5.74) is 1.39. The second-order valence-electron chi connectivity index (χ2n) is 7.72. The number of carbonyl (C=O) groups is 2. The Morgan fingerprint density at radius 2 is 1.77 bits per heavy atom. The van der Waals surface area contributed by atoms with E-state index in [1.165, 1.54) is 6.07 Å². The zero-order valence-electron chi connectivity index (χ0n) is 17.1. The summed E-state index contributed by atoms with van der Waals surface area (Å²) in [5, 5.41) is 0. The fraction of sp³-hybridized carbons (Fsp3) is 0.391. The first kappa shape index (κ1) is 20.3. The third kappa shape index (κ3) is 4.31. The second kappa shape index (κ2) is 8.83. The van der Waals surface area contributed by atoms with Crippen molar-refractivity contribution in [2.24, 2.45) is 0 Å². The average molecular weight is 411 g/mol. The summed E-state index contributed by atoms with van der Waals surface area (Å²) in [6, 6.07) is 14.2. The van der Waals surface area contributed by atoms with Crippen molar-refractivity contribution in [3.05, 3.63) is 59.9 Å². The normalized spacial score (nSPS) is 19.4. The van der Waals surface area contributed by atoms with Crippen LogP contribution >= 0.6 is 0 Å². The molecule has 1 atom stereocenters. The van der Waals surface area contributed by atoms with Crippen LogP contribution in [-0.4, -0.2) is 60.4 Å². The first-order chi connectivity index (χ1) is 14.5. The van der Waals surface area contributed by atoms with Gasteiger partial charge in [-0.15, -0.1) is 0 Å². The van der Waals surface area contributed by atoms with E-state index in [1.807, 2.05) is 35.2 Å². The Morgan fingerprint density at radius 3 is 2.53 bits per heavy atom. The van der Waals surface area contributed by atoms with E-state index >= 15 is 0 Å². The number of hydrogen-bond acceptors (Lipinski definition) is 4. The van der Waals surface area contributed by atoms with E-state index in [4.69, 9.17) is 4.74 Å². The number of amides is 2. The number of anilines is 1. The van der Waals surface area contributed by atoms with Crippen LogP contribution in [0.3, 0.4) is 0 Å². The highest BCUT2D eigenvalue weighted by atomic mass is 19.1. The Bertz CT molecular complexity index is 927. The topological polar surface area (TPSA) is 53.1 Å². The van der Waals surface area contributed by atoms with Crippen molar-refractivity contribution in [1.29, 1.82) is 0 Å². The van der Waals surface area contributed by atoms with E-state index in [-0.39, 0.29) is 24.1 Å². The quantitative estimate of drug-likeness (QED) is 0.759. The highest BCUT2D eigenvalue weighted by Gasteiger charge is 2.32. The molecule has 1 saturated heterocycles. The van der Waals surface area contributed by atoms with E-state index in [2.05, 4.69) is 4.90 Å². The first-order valence-electron chi connectivity index (χ1n) is 10.3. The van der Waals surface area contributed by atoms with Crippen molar-refractivity contribution in [1.82, 2.24) is 9.80 Å². The van der Waals surface area contributed by atoms with Gasteiger partial charge in [-0.1, -0.05) is 30.3 Å². The summed E-state index contributed by atoms with van der Waals surface area (Å²) in [5.74, 6) is 0.376. The molecule has 0 spiro atoms. The predicted octanol–water partition coefficient (Wildman–Crippen LogP) is 2.67. The molecule has 0 aliphatic carbocycles. The third-order valence-electron chi connectivity index (χ3n) is 5.70. The Balaban J connectivity index is 1.30. The highest BCUT2D eigenvalue weighted by Crippen LogP contribution is 2.33. The van der Waals surface area contributed by atoms with Gasteiger partial charge in [0.1, 0.15) is 11.6 Å². The number of hydrogen-bond donors (Lipinski definition) is 0. The molecular formula is C23H26FN3O3. The van der Waals surface area contributed by atoms with Crippen LogP contribution in [0, 0.1) is 5.82 Å². The SMILES string of the molecule is CC1Oc2ccccc2N(CCC(=O)N2CCN(Cc3ccccc3F)CC2)C1=O. The van der Waals surface area contributed by atoms with Gasteiger partial charge in [0.15, 0.2) is 6.10 Å². The van der Waals surface area contributed by atoms with Gasteiger partial charge in [0.25, 0.3) is 5.91 Å². The smallest absolute Gasteiger partial charge is 0.267 e. The van der Waals surface area contributed by atoms with Crippen molar-refractivity contribution in [2.45, 2.75) is 26.0 Å². The van der Waals surface area contributed by atoms with Gasteiger partial charge < -0.3 is 14.5 Å². The molecule has 4 rings (SSSR count). The molecule has 2 aromatic carbocycles. The monoisotopic (exact) mass is 411 g/mol. The van der Waals surface area contributed by atoms with Crippen LogP contribution in [0.4, 0.5) is 10.1 Å². The molecule has 158 valence electrons. The van der Waals surface area contributed by atoms with E-state index in [1.54, 1.807) is 24.0 Å². The van der Waals surface area contributed by atoms with Gasteiger partial charge >= 0.3 is 0 Å². The van der Waals surface area contributed by atoms with E-state index < -0.39 is 6.10 Å². The van der Waals surface area contributed by atoms with Crippen molar-refractivity contribution >= 4 is 17.5 Å². The summed E-state index contributed by atoms with van der Waals surface area (Å²) in [4.78, 5) is 30.9. The molecule has 0 saturated carbocycles. The van der Waals surface area contributed by atoms with Gasteiger partial charge in [-0.25, -0.2) is 4.39 Å². The molecule has 1 unspecified atom stereocenters. The largest absolute Gasteiger partial charge is 0.479 e. The Hall–Kier alpha value is -2.93. The highest BCUT2D eigenvalue weighted by molar-refractivity contribution is 6.00. The Morgan fingerprint density at radius 1 is 1.07 bits per heavy atom. The van der Waals surface area contributed by atoms with Crippen LogP contribution in [-0.2, 0) is 16.1 Å². The zero-order chi connectivity index (χ0) is 21.1. The summed E-state index contributed by atoms with van der Waals surface area (Å²) in [6.07, 6.45) is -0.294. The van der Waals surface area contributed by atoms with Gasteiger partial charge in [0, 0.05) is 51.3 Å². The Labute approximate surface area is 175 Å². The van der Waals surface area contributed by atoms with Crippen LogP contribution in [0.15, 0.2) is 48.5 Å². The number of ether oxygens (including phenoxy) is 1. The Kier molecular flexibility index (Phi) is 5.99. The van der Waals surface area contributed by atoms with Crippen LogP contribution in [0.25, 0.3) is 0 Å². The zero-order valence-corrected chi connectivity index (χ0v) is 17.1. The molecule has 0 N–H and O–H groups in total. The molecule has 2 aliphatic heterocycles. The fourth-order valence-corrected chi connectivity index (χ4v) is 3.98. The minimum atomic E-state index is -0.558. The fourth-order valence-electron chi connectivity index (χ4n) is 3.98. The minimum Gasteiger partial charge on any atom is -0.479 e. The second-order valence-corrected chi connectivity index (χ2v) is 7.72. The van der Waals surface area contributed by atoms with Gasteiger partial charge in [-0.05, 0) is 25.1 Å². The molecule has 0 radical (unpaired) electrons. The molecule has 0 bridgehead atoms. The lowest BCUT2D eigenvalue weighted by Gasteiger charge is -2.36. The maximum atomic E-state index is 13.9. The van der Waals surface area contributed by atoms with E-state index in [9.17, 15) is 14.0 Å². The maximum Gasteiger partial charge on any atom is 0.267 e. The molecule has 2 aliphatic rings. The molecule has 30 heavy (non-hydrogen) atoms. The first-order valence-corrected chi connectivity index (χ1v) is 10.3. The molecule has 6 nitrogen and oxygen atoms in total. The summed E-state index contributed by atoms with van der Waals surface area (Å²) >= 11 is 0. The van der Waals surface area contributed by atoms with Gasteiger partial charge in [0.05, 0.1) is 5.69 Å². The number of fused-ring (bicyclic) bond motifs is 1. The van der Waals surface area contributed by atoms with Crippen molar-refractivity contribution in [2.75, 3.05) is 37.6 Å². The lowest BCUT2D eigenvalue weighted by atomic mass is 10.1. The van der Waals surface area contributed by atoms with Crippen LogP contribution < -0.4 is 9.64 Å². The van der Waals surface area contributed by atoms with Gasteiger partial charge in [-0.3, -0.25) is 14.5 Å². The number of carbonyl (C=O) groups excluding carboxylic acids is 2. The molecule has 2 amide bonds. The lowest BCUT2D eigenvalue weighted by Crippen LogP contribution is -2.50. The summed E-state index contributed by atoms with van der Waals surface area (Å²) in [6.45, 7) is 5.23. The number of rotatable bonds is 5. The molecular weight excluding hydrogens is 385 g/mol. The third-order valence-corrected chi connectivity index (χ3v) is 5.70. The van der Waals surface area contributed by atoms with E-state index in [0.717, 1.165) is 0 Å². The summed E-state index contributed by atoms with van der Waals surface area (Å²) < 4.78 is 19.5. The maximum absolute atomic E-state index is 13.9. The molecule has 0 aromatic heterocycles. The van der Waals surface area contributed by atoms with Crippen molar-refractivity contribution in [3.63, 3.8) is 0 Å². The molecule has 7 heteroatoms. The molecule has 2 heterocycles. The molecule has 2 aromatic rings. The molecule has 1 fully saturated rings. The number of nitrogens with zero attached hydrogens (tertiary/aromatic N) is 3. The lowest BCUT2D eigenvalue weighted by molar-refractivity contribution is -0.133. The number of benzene rings is 2. The van der Waals surface area contributed by atoms with Crippen LogP contribution in [0.1, 0.15) is 18.9 Å². The van der Waals surface area contributed by atoms with Gasteiger partial charge in [-0.2, -0.15) is 0 Å². The van der Waals surface area contributed by atoms with Crippen LogP contribution in [0.5, 0.6) is 5.75 Å². The average Bonchev–Trinajstić information content (AvgIpc) is 2.76. The number of para-hydroxylation sites is 2. The van der Waals surface area contributed by atoms with Crippen molar-refractivity contribution in [3.8, 4) is 5.75 Å². The summed E-state index contributed by atoms with van der Waals surface area (Å²) in [7, 11) is 0. The van der Waals surface area contributed by atoms with E-state index in [0.29, 0.717) is 56.3 Å². The standard InChI is InChI=1S/C23H26FN3O3/c1-17-23(29)27(20-8-4-5-9-21(20)30-17)11-10-22(28)26-14-12-25(13-15-26)16-18-6-2-3-7-19(18)24/h2-9,17H,10-16H2,1H3. The predicted molar refractivity (Wildman–Crippen MR) is 112 cm³/mol. The van der Waals surface area contributed by atoms with Crippen molar-refractivity contribution < 1.29 is 18.7 Å². The van der Waals surface area contributed by atoms with Gasteiger partial charge in [0.2, 0.25) is 5.91 Å².